The molecule has 0 aliphatic heterocycles. The van der Waals surface area contributed by atoms with Crippen LogP contribution in [0.4, 0.5) is 0 Å². The number of aromatic nitrogens is 2. The summed E-state index contributed by atoms with van der Waals surface area (Å²) in [6.07, 6.45) is 1.61. The van der Waals surface area contributed by atoms with Crippen molar-refractivity contribution < 1.29 is 4.79 Å². The molecule has 0 aliphatic rings. The van der Waals surface area contributed by atoms with Gasteiger partial charge in [0, 0.05) is 17.3 Å². The highest BCUT2D eigenvalue weighted by atomic mass is 79.9. The number of Topliss-reactive ketones (excluding diaryl/α,β-unsaturated/α-hetero) is 1. The number of rotatable bonds is 4. The Kier molecular flexibility index (Phi) is 4.39. The van der Waals surface area contributed by atoms with Gasteiger partial charge in [0.2, 0.25) is 0 Å². The molecule has 0 bridgehead atoms. The van der Waals surface area contributed by atoms with E-state index in [1.807, 2.05) is 60.7 Å². The van der Waals surface area contributed by atoms with Gasteiger partial charge in [0.1, 0.15) is 0 Å². The largest absolute Gasteiger partial charge is 0.293 e. The van der Waals surface area contributed by atoms with Gasteiger partial charge in [-0.05, 0) is 0 Å². The second kappa shape index (κ2) is 6.62. The number of alkyl halides is 1. The van der Waals surface area contributed by atoms with Gasteiger partial charge in [-0.1, -0.05) is 76.6 Å². The maximum atomic E-state index is 12.1. The molecular weight excluding hydrogens is 340 g/mol. The van der Waals surface area contributed by atoms with Gasteiger partial charge in [-0.25, -0.2) is 9.97 Å². The molecule has 4 heteroatoms. The van der Waals surface area contributed by atoms with E-state index >= 15 is 0 Å². The fraction of sp³-hybridized carbons (Fsp3) is 0.0556. The number of hydrogen-bond donors (Lipinski definition) is 0. The lowest BCUT2D eigenvalue weighted by Crippen LogP contribution is -2.06. The van der Waals surface area contributed by atoms with Crippen molar-refractivity contribution in [2.45, 2.75) is 0 Å². The maximum Gasteiger partial charge on any atom is 0.177 e. The first-order valence-corrected chi connectivity index (χ1v) is 7.99. The van der Waals surface area contributed by atoms with E-state index in [1.165, 1.54) is 0 Å². The van der Waals surface area contributed by atoms with Crippen LogP contribution >= 0.6 is 15.9 Å². The molecule has 22 heavy (non-hydrogen) atoms. The number of carbonyl (C=O) groups excluding carboxylic acids is 1. The quantitative estimate of drug-likeness (QED) is 0.516. The van der Waals surface area contributed by atoms with E-state index in [2.05, 4.69) is 25.9 Å². The van der Waals surface area contributed by atoms with Crippen LogP contribution in [0.25, 0.3) is 22.6 Å². The van der Waals surface area contributed by atoms with Crippen molar-refractivity contribution in [3.63, 3.8) is 0 Å². The summed E-state index contributed by atoms with van der Waals surface area (Å²) < 4.78 is 0. The smallest absolute Gasteiger partial charge is 0.177 e. The Morgan fingerprint density at radius 1 is 0.909 bits per heavy atom. The van der Waals surface area contributed by atoms with Crippen LogP contribution in [-0.2, 0) is 0 Å². The molecule has 1 heterocycles. The molecule has 0 unspecified atom stereocenters. The fourth-order valence-electron chi connectivity index (χ4n) is 2.20. The van der Waals surface area contributed by atoms with Crippen molar-refractivity contribution in [3.05, 3.63) is 72.4 Å². The molecule has 0 aliphatic carbocycles. The Bertz CT molecular complexity index is 789. The fourth-order valence-corrected chi connectivity index (χ4v) is 2.50. The lowest BCUT2D eigenvalue weighted by Gasteiger charge is -2.09. The molecule has 0 N–H and O–H groups in total. The first-order valence-electron chi connectivity index (χ1n) is 6.86. The number of halogens is 1. The third kappa shape index (κ3) is 2.97. The highest BCUT2D eigenvalue weighted by molar-refractivity contribution is 9.09. The standard InChI is InChI=1S/C18H13BrN2O/c19-11-16(22)15-12-20-18(14-9-5-2-6-10-14)21-17(15)13-7-3-1-4-8-13/h1-10,12H,11H2. The topological polar surface area (TPSA) is 42.9 Å². The van der Waals surface area contributed by atoms with E-state index in [4.69, 9.17) is 0 Å². The number of nitrogens with zero attached hydrogens (tertiary/aromatic N) is 2. The van der Waals surface area contributed by atoms with Gasteiger partial charge in [-0.2, -0.15) is 0 Å². The Balaban J connectivity index is 2.17. The molecule has 0 radical (unpaired) electrons. The zero-order valence-electron chi connectivity index (χ0n) is 11.7. The summed E-state index contributed by atoms with van der Waals surface area (Å²) in [7, 11) is 0. The predicted molar refractivity (Wildman–Crippen MR) is 91.0 cm³/mol. The van der Waals surface area contributed by atoms with Gasteiger partial charge < -0.3 is 0 Å². The highest BCUT2D eigenvalue weighted by Gasteiger charge is 2.15. The third-order valence-electron chi connectivity index (χ3n) is 3.29. The first-order chi connectivity index (χ1) is 10.8. The Morgan fingerprint density at radius 3 is 2.09 bits per heavy atom. The van der Waals surface area contributed by atoms with Gasteiger partial charge in [0.25, 0.3) is 0 Å². The van der Waals surface area contributed by atoms with Crippen LogP contribution in [0.3, 0.4) is 0 Å². The summed E-state index contributed by atoms with van der Waals surface area (Å²) in [6, 6.07) is 19.4. The molecule has 1 aromatic heterocycles. The minimum atomic E-state index is -0.0292. The number of benzene rings is 2. The molecule has 0 fully saturated rings. The van der Waals surface area contributed by atoms with Crippen LogP contribution in [0.2, 0.25) is 0 Å². The SMILES string of the molecule is O=C(CBr)c1cnc(-c2ccccc2)nc1-c1ccccc1. The second-order valence-electron chi connectivity index (χ2n) is 4.74. The molecule has 0 saturated carbocycles. The molecule has 2 aromatic carbocycles. The highest BCUT2D eigenvalue weighted by Crippen LogP contribution is 2.25. The predicted octanol–water partition coefficient (Wildman–Crippen LogP) is 4.39. The van der Waals surface area contributed by atoms with Gasteiger partial charge in [0.15, 0.2) is 11.6 Å². The number of ketones is 1. The number of hydrogen-bond acceptors (Lipinski definition) is 3. The first kappa shape index (κ1) is 14.6. The molecule has 0 amide bonds. The average Bonchev–Trinajstić information content (AvgIpc) is 2.62. The summed E-state index contributed by atoms with van der Waals surface area (Å²) in [4.78, 5) is 21.1. The van der Waals surface area contributed by atoms with Crippen LogP contribution in [-0.4, -0.2) is 21.1 Å². The van der Waals surface area contributed by atoms with Crippen LogP contribution < -0.4 is 0 Å². The van der Waals surface area contributed by atoms with Crippen LogP contribution in [0.1, 0.15) is 10.4 Å². The molecule has 3 nitrogen and oxygen atoms in total. The van der Waals surface area contributed by atoms with E-state index in [-0.39, 0.29) is 11.1 Å². The normalized spacial score (nSPS) is 10.4. The van der Waals surface area contributed by atoms with Crippen LogP contribution in [0.5, 0.6) is 0 Å². The lowest BCUT2D eigenvalue weighted by molar-refractivity contribution is 0.102. The van der Waals surface area contributed by atoms with E-state index in [9.17, 15) is 4.79 Å². The zero-order chi connectivity index (χ0) is 15.4. The van der Waals surface area contributed by atoms with E-state index < -0.39 is 0 Å². The van der Waals surface area contributed by atoms with Crippen molar-refractivity contribution in [2.24, 2.45) is 0 Å². The van der Waals surface area contributed by atoms with Crippen molar-refractivity contribution >= 4 is 21.7 Å². The van der Waals surface area contributed by atoms with Gasteiger partial charge in [0.05, 0.1) is 16.6 Å². The van der Waals surface area contributed by atoms with Crippen molar-refractivity contribution in [3.8, 4) is 22.6 Å². The van der Waals surface area contributed by atoms with Gasteiger partial charge >= 0.3 is 0 Å². The molecule has 3 aromatic rings. The van der Waals surface area contributed by atoms with E-state index in [1.54, 1.807) is 6.20 Å². The van der Waals surface area contributed by atoms with Crippen molar-refractivity contribution in [1.82, 2.24) is 9.97 Å². The average molecular weight is 353 g/mol. The zero-order valence-corrected chi connectivity index (χ0v) is 13.3. The van der Waals surface area contributed by atoms with Crippen molar-refractivity contribution in [1.29, 1.82) is 0 Å². The van der Waals surface area contributed by atoms with Crippen LogP contribution in [0, 0.1) is 0 Å². The molecule has 0 spiro atoms. The van der Waals surface area contributed by atoms with E-state index in [0.717, 1.165) is 11.1 Å². The van der Waals surface area contributed by atoms with Crippen molar-refractivity contribution in [2.75, 3.05) is 5.33 Å². The molecule has 0 saturated heterocycles. The van der Waals surface area contributed by atoms with Crippen LogP contribution in [0.15, 0.2) is 66.9 Å². The summed E-state index contributed by atoms with van der Waals surface area (Å²) in [6.45, 7) is 0. The molecule has 108 valence electrons. The second-order valence-corrected chi connectivity index (χ2v) is 5.31. The Hall–Kier alpha value is -2.33. The van der Waals surface area contributed by atoms with E-state index in [0.29, 0.717) is 17.1 Å². The van der Waals surface area contributed by atoms with Gasteiger partial charge in [-0.15, -0.1) is 0 Å². The molecule has 3 rings (SSSR count). The summed E-state index contributed by atoms with van der Waals surface area (Å²) in [5.41, 5.74) is 3.03. The molecular formula is C18H13BrN2O. The third-order valence-corrected chi connectivity index (χ3v) is 3.80. The van der Waals surface area contributed by atoms with Gasteiger partial charge in [-0.3, -0.25) is 4.79 Å². The minimum absolute atomic E-state index is 0.0292. The Labute approximate surface area is 137 Å². The maximum absolute atomic E-state index is 12.1. The minimum Gasteiger partial charge on any atom is -0.293 e. The molecule has 0 atom stereocenters. The summed E-state index contributed by atoms with van der Waals surface area (Å²) in [5.74, 6) is 0.587. The summed E-state index contributed by atoms with van der Waals surface area (Å²) in [5, 5.41) is 0.251. The lowest BCUT2D eigenvalue weighted by atomic mass is 10.0. The number of carbonyl (C=O) groups is 1. The monoisotopic (exact) mass is 352 g/mol. The summed E-state index contributed by atoms with van der Waals surface area (Å²) >= 11 is 3.22. The Morgan fingerprint density at radius 2 is 1.50 bits per heavy atom.